The summed E-state index contributed by atoms with van der Waals surface area (Å²) in [5, 5.41) is 2.94. The van der Waals surface area contributed by atoms with Crippen molar-refractivity contribution in [3.63, 3.8) is 0 Å². The second-order valence-electron chi connectivity index (χ2n) is 9.21. The molecule has 3 heterocycles. The average Bonchev–Trinajstić information content (AvgIpc) is 2.75. The lowest BCUT2D eigenvalue weighted by atomic mass is 9.83. The second kappa shape index (κ2) is 8.89. The number of alkyl halides is 5. The number of nitrogens with one attached hydrogen (secondary N) is 1. The molecule has 0 radical (unpaired) electrons. The Morgan fingerprint density at radius 2 is 1.94 bits per heavy atom. The summed E-state index contributed by atoms with van der Waals surface area (Å²) in [5.74, 6) is -4.99. The first-order valence-electron chi connectivity index (χ1n) is 11.2. The molecule has 32 heavy (non-hydrogen) atoms. The summed E-state index contributed by atoms with van der Waals surface area (Å²) < 4.78 is 75.4. The van der Waals surface area contributed by atoms with Gasteiger partial charge in [0.05, 0.1) is 18.1 Å². The van der Waals surface area contributed by atoms with Crippen LogP contribution in [0.1, 0.15) is 44.3 Å². The summed E-state index contributed by atoms with van der Waals surface area (Å²) in [5.41, 5.74) is -0.359. The van der Waals surface area contributed by atoms with Crippen LogP contribution in [-0.2, 0) is 10.9 Å². The quantitative estimate of drug-likeness (QED) is 0.688. The van der Waals surface area contributed by atoms with Gasteiger partial charge in [-0.05, 0) is 12.8 Å². The lowest BCUT2D eigenvalue weighted by Gasteiger charge is -2.45. The minimum absolute atomic E-state index is 0.00659. The summed E-state index contributed by atoms with van der Waals surface area (Å²) in [7, 11) is 1.50. The molecule has 1 aromatic heterocycles. The number of ether oxygens (including phenoxy) is 1. The van der Waals surface area contributed by atoms with Crippen LogP contribution in [0.4, 0.5) is 33.6 Å². The van der Waals surface area contributed by atoms with E-state index in [0.717, 1.165) is 32.1 Å². The number of morpholine rings is 1. The molecule has 0 bridgehead atoms. The van der Waals surface area contributed by atoms with Gasteiger partial charge >= 0.3 is 6.18 Å². The molecule has 11 heteroatoms. The summed E-state index contributed by atoms with van der Waals surface area (Å²) in [6.45, 7) is 1.52. The molecule has 1 atom stereocenters. The van der Waals surface area contributed by atoms with Crippen molar-refractivity contribution in [2.24, 2.45) is 5.92 Å². The van der Waals surface area contributed by atoms with E-state index in [1.165, 1.54) is 18.0 Å². The summed E-state index contributed by atoms with van der Waals surface area (Å²) in [6.07, 6.45) is -0.0894. The van der Waals surface area contributed by atoms with Crippen molar-refractivity contribution in [1.29, 1.82) is 0 Å². The topological polar surface area (TPSA) is 53.5 Å². The Balaban J connectivity index is 1.60. The van der Waals surface area contributed by atoms with Crippen LogP contribution in [-0.4, -0.2) is 67.9 Å². The molecule has 6 nitrogen and oxygen atoms in total. The van der Waals surface area contributed by atoms with Gasteiger partial charge < -0.3 is 19.9 Å². The molecular formula is C21H30F5N5O. The Labute approximate surface area is 184 Å². The number of hydrogen-bond acceptors (Lipinski definition) is 6. The third kappa shape index (κ3) is 5.08. The van der Waals surface area contributed by atoms with E-state index >= 15 is 0 Å². The fraction of sp³-hybridized carbons (Fsp3) is 0.810. The van der Waals surface area contributed by atoms with Gasteiger partial charge in [-0.15, -0.1) is 0 Å². The molecule has 180 valence electrons. The third-order valence-corrected chi connectivity index (χ3v) is 6.80. The lowest BCUT2D eigenvalue weighted by molar-refractivity contribution is -0.144. The van der Waals surface area contributed by atoms with E-state index in [9.17, 15) is 22.0 Å². The number of rotatable bonds is 4. The fourth-order valence-electron chi connectivity index (χ4n) is 4.95. The van der Waals surface area contributed by atoms with E-state index in [2.05, 4.69) is 15.3 Å². The normalized spacial score (nSPS) is 25.7. The van der Waals surface area contributed by atoms with Gasteiger partial charge in [-0.25, -0.2) is 18.7 Å². The van der Waals surface area contributed by atoms with Gasteiger partial charge in [0.1, 0.15) is 11.6 Å². The highest BCUT2D eigenvalue weighted by Crippen LogP contribution is 2.37. The first-order valence-corrected chi connectivity index (χ1v) is 11.2. The van der Waals surface area contributed by atoms with Crippen LogP contribution >= 0.6 is 0 Å². The molecule has 0 amide bonds. The molecule has 2 aliphatic heterocycles. The van der Waals surface area contributed by atoms with Crippen LogP contribution in [0, 0.1) is 5.92 Å². The Morgan fingerprint density at radius 1 is 1.19 bits per heavy atom. The van der Waals surface area contributed by atoms with E-state index < -0.39 is 23.8 Å². The number of nitrogens with zero attached hydrogens (tertiary/aromatic N) is 4. The first-order chi connectivity index (χ1) is 15.1. The van der Waals surface area contributed by atoms with Gasteiger partial charge in [-0.2, -0.15) is 13.2 Å². The van der Waals surface area contributed by atoms with Crippen LogP contribution in [0.15, 0.2) is 6.07 Å². The monoisotopic (exact) mass is 463 g/mol. The molecule has 1 aromatic rings. The molecule has 1 N–H and O–H groups in total. The fourth-order valence-corrected chi connectivity index (χ4v) is 4.95. The van der Waals surface area contributed by atoms with Crippen LogP contribution < -0.4 is 15.1 Å². The highest BCUT2D eigenvalue weighted by Gasteiger charge is 2.43. The average molecular weight is 463 g/mol. The van der Waals surface area contributed by atoms with E-state index in [1.54, 1.807) is 0 Å². The van der Waals surface area contributed by atoms with Gasteiger partial charge in [-0.1, -0.05) is 19.3 Å². The smallest absolute Gasteiger partial charge is 0.371 e. The number of anilines is 2. The van der Waals surface area contributed by atoms with E-state index in [4.69, 9.17) is 4.74 Å². The molecule has 4 rings (SSSR count). The maximum Gasteiger partial charge on any atom is 0.451 e. The zero-order chi connectivity index (χ0) is 23.0. The number of piperidine rings is 1. The Bertz CT molecular complexity index is 794. The SMILES string of the molecule is CN(CC1CNCCC1(F)F)c1cc(N2CCOC3(CCCCC3)C2)nc(C(F)(F)F)n1. The summed E-state index contributed by atoms with van der Waals surface area (Å²) in [6, 6.07) is 1.48. The van der Waals surface area contributed by atoms with Crippen molar-refractivity contribution in [3.05, 3.63) is 11.9 Å². The van der Waals surface area contributed by atoms with Gasteiger partial charge in [0, 0.05) is 52.3 Å². The molecule has 0 aromatic carbocycles. The maximum atomic E-state index is 14.3. The maximum absolute atomic E-state index is 14.3. The molecule has 1 unspecified atom stereocenters. The molecular weight excluding hydrogens is 433 g/mol. The minimum atomic E-state index is -4.74. The van der Waals surface area contributed by atoms with E-state index in [0.29, 0.717) is 19.7 Å². The highest BCUT2D eigenvalue weighted by molar-refractivity contribution is 5.51. The standard InChI is InChI=1S/C21H30F5N5O/c1-30(13-15-12-27-8-7-20(15,22)23)16-11-17(29-18(28-16)21(24,25)26)31-9-10-32-19(14-31)5-3-2-4-6-19/h11,15,27H,2-10,12-14H2,1H3. The van der Waals surface area contributed by atoms with Crippen molar-refractivity contribution < 1.29 is 26.7 Å². The molecule has 3 fully saturated rings. The molecule has 1 aliphatic carbocycles. The van der Waals surface area contributed by atoms with Crippen LogP contribution in [0.25, 0.3) is 0 Å². The molecule has 1 spiro atoms. The lowest BCUT2D eigenvalue weighted by Crippen LogP contribution is -2.53. The van der Waals surface area contributed by atoms with Gasteiger partial charge in [0.2, 0.25) is 5.82 Å². The van der Waals surface area contributed by atoms with Crippen LogP contribution in [0.3, 0.4) is 0 Å². The predicted molar refractivity (Wildman–Crippen MR) is 110 cm³/mol. The predicted octanol–water partition coefficient (Wildman–Crippen LogP) is 3.72. The first kappa shape index (κ1) is 23.4. The van der Waals surface area contributed by atoms with Gasteiger partial charge in [-0.3, -0.25) is 0 Å². The van der Waals surface area contributed by atoms with Crippen LogP contribution in [0.5, 0.6) is 0 Å². The van der Waals surface area contributed by atoms with Crippen LogP contribution in [0.2, 0.25) is 0 Å². The largest absolute Gasteiger partial charge is 0.451 e. The summed E-state index contributed by atoms with van der Waals surface area (Å²) in [4.78, 5) is 10.7. The van der Waals surface area contributed by atoms with Crippen molar-refractivity contribution in [2.75, 3.05) is 56.2 Å². The van der Waals surface area contributed by atoms with E-state index in [-0.39, 0.29) is 43.3 Å². The van der Waals surface area contributed by atoms with Crippen molar-refractivity contribution in [2.45, 2.75) is 56.2 Å². The zero-order valence-electron chi connectivity index (χ0n) is 18.2. The molecule has 3 aliphatic rings. The van der Waals surface area contributed by atoms with Gasteiger partial charge in [0.15, 0.2) is 0 Å². The second-order valence-corrected chi connectivity index (χ2v) is 9.21. The van der Waals surface area contributed by atoms with Crippen molar-refractivity contribution in [3.8, 4) is 0 Å². The van der Waals surface area contributed by atoms with Crippen molar-refractivity contribution in [1.82, 2.24) is 15.3 Å². The third-order valence-electron chi connectivity index (χ3n) is 6.80. The highest BCUT2D eigenvalue weighted by atomic mass is 19.4. The zero-order valence-corrected chi connectivity index (χ0v) is 18.2. The molecule has 1 saturated carbocycles. The molecule has 2 saturated heterocycles. The van der Waals surface area contributed by atoms with Gasteiger partial charge in [0.25, 0.3) is 5.92 Å². The number of halogens is 5. The number of aromatic nitrogens is 2. The Hall–Kier alpha value is -1.75. The van der Waals surface area contributed by atoms with E-state index in [1.807, 2.05) is 4.90 Å². The van der Waals surface area contributed by atoms with Crippen molar-refractivity contribution >= 4 is 11.6 Å². The Kier molecular flexibility index (Phi) is 6.50. The Morgan fingerprint density at radius 3 is 2.62 bits per heavy atom. The summed E-state index contributed by atoms with van der Waals surface area (Å²) >= 11 is 0. The number of hydrogen-bond donors (Lipinski definition) is 1. The minimum Gasteiger partial charge on any atom is -0.371 e.